The van der Waals surface area contributed by atoms with Gasteiger partial charge in [0.25, 0.3) is 0 Å². The number of benzene rings is 1. The fourth-order valence-electron chi connectivity index (χ4n) is 6.44. The minimum absolute atomic E-state index is 0.0273. The number of hydrogen-bond donors (Lipinski definition) is 3. The lowest BCUT2D eigenvalue weighted by Gasteiger charge is -2.37. The molecule has 0 radical (unpaired) electrons. The molecule has 246 valence electrons. The topological polar surface area (TPSA) is 109 Å². The van der Waals surface area contributed by atoms with E-state index in [0.717, 1.165) is 68.7 Å². The molecule has 2 fully saturated rings. The van der Waals surface area contributed by atoms with Gasteiger partial charge in [-0.2, -0.15) is 0 Å². The van der Waals surface area contributed by atoms with Crippen molar-refractivity contribution in [1.82, 2.24) is 34.9 Å². The highest BCUT2D eigenvalue weighted by molar-refractivity contribution is 5.90. The van der Waals surface area contributed by atoms with Crippen LogP contribution in [-0.4, -0.2) is 113 Å². The zero-order chi connectivity index (χ0) is 32.5. The Morgan fingerprint density at radius 3 is 2.54 bits per heavy atom. The van der Waals surface area contributed by atoms with E-state index >= 15 is 0 Å². The maximum absolute atomic E-state index is 13.9. The molecule has 11 nitrogen and oxygen atoms in total. The molecule has 6 bridgehead atoms. The van der Waals surface area contributed by atoms with Gasteiger partial charge in [0.05, 0.1) is 6.04 Å². The standard InChI is InChI=1S/C35H49N9O2/c1-5-27-20-26(2)38-32-22-33(37-25-36-32)39-29-11-8-10-28(21-29)24-44-15-9-13-31(44)34(45)40-30(12-6-7-14-41(3)4)35(46)43-18-16-42(23-27)17-19-43/h5,8,10-11,20-22,25,30-31H,1-2,6-7,9,12-19,23-24H2,3-4H3,(H,40,45)(H2,36,37,38,39)/b27-20+/t30-,31?/m0/s1. The molecule has 4 aliphatic rings. The van der Waals surface area contributed by atoms with Crippen LogP contribution in [0.5, 0.6) is 0 Å². The second kappa shape index (κ2) is 16.0. The summed E-state index contributed by atoms with van der Waals surface area (Å²) >= 11 is 0. The normalized spacial score (nSPS) is 24.4. The molecule has 3 N–H and O–H groups in total. The van der Waals surface area contributed by atoms with Crippen LogP contribution in [0, 0.1) is 0 Å². The molecule has 0 aliphatic carbocycles. The number of nitrogens with one attached hydrogen (secondary N) is 3. The molecule has 2 saturated heterocycles. The Morgan fingerprint density at radius 2 is 1.78 bits per heavy atom. The molecule has 1 aromatic heterocycles. The minimum Gasteiger partial charge on any atom is -0.343 e. The number of allylic oxidation sites excluding steroid dienone is 1. The summed E-state index contributed by atoms with van der Waals surface area (Å²) in [5, 5.41) is 9.89. The molecule has 2 amide bonds. The van der Waals surface area contributed by atoms with Gasteiger partial charge in [-0.3, -0.25) is 19.4 Å². The van der Waals surface area contributed by atoms with Crippen LogP contribution in [0.1, 0.15) is 37.7 Å². The SMILES string of the molecule is C=C/C1=C\C(=C)Nc2cc(ncn2)Nc2cccc(c2)CN2CCCC2C(=O)N[C@@H](CCCCN(C)C)C(=O)N2CCN(CC2)C1. The van der Waals surface area contributed by atoms with Crippen LogP contribution in [0.2, 0.25) is 0 Å². The van der Waals surface area contributed by atoms with Crippen molar-refractivity contribution in [3.63, 3.8) is 0 Å². The summed E-state index contributed by atoms with van der Waals surface area (Å²) in [4.78, 5) is 45.1. The molecular formula is C35H49N9O2. The van der Waals surface area contributed by atoms with Crippen LogP contribution >= 0.6 is 0 Å². The number of nitrogens with zero attached hydrogens (tertiary/aromatic N) is 6. The number of rotatable bonds is 6. The van der Waals surface area contributed by atoms with Crippen molar-refractivity contribution in [2.45, 2.75) is 50.7 Å². The predicted molar refractivity (Wildman–Crippen MR) is 184 cm³/mol. The van der Waals surface area contributed by atoms with E-state index in [2.05, 4.69) is 80.0 Å². The third kappa shape index (κ3) is 9.24. The fraction of sp³-hybridized carbons (Fsp3) is 0.486. The molecule has 5 heterocycles. The van der Waals surface area contributed by atoms with Gasteiger partial charge in [0.15, 0.2) is 0 Å². The first-order valence-electron chi connectivity index (χ1n) is 16.4. The van der Waals surface area contributed by atoms with Gasteiger partial charge in [-0.05, 0) is 88.6 Å². The van der Waals surface area contributed by atoms with Crippen LogP contribution in [0.25, 0.3) is 0 Å². The number of hydrogen-bond acceptors (Lipinski definition) is 9. The van der Waals surface area contributed by atoms with Gasteiger partial charge >= 0.3 is 0 Å². The molecule has 4 aliphatic heterocycles. The number of piperazine rings is 1. The Bertz CT molecular complexity index is 1420. The molecule has 11 heteroatoms. The van der Waals surface area contributed by atoms with Gasteiger partial charge in [0.2, 0.25) is 11.8 Å². The molecular weight excluding hydrogens is 578 g/mol. The van der Waals surface area contributed by atoms with Crippen LogP contribution in [0.4, 0.5) is 17.3 Å². The van der Waals surface area contributed by atoms with Gasteiger partial charge in [-0.25, -0.2) is 9.97 Å². The van der Waals surface area contributed by atoms with Crippen molar-refractivity contribution in [2.75, 3.05) is 70.5 Å². The first-order valence-corrected chi connectivity index (χ1v) is 16.4. The molecule has 1 unspecified atom stereocenters. The van der Waals surface area contributed by atoms with Gasteiger partial charge in [-0.1, -0.05) is 31.4 Å². The number of aromatic nitrogens is 2. The molecule has 0 spiro atoms. The highest BCUT2D eigenvalue weighted by atomic mass is 16.2. The van der Waals surface area contributed by atoms with E-state index in [1.54, 1.807) is 0 Å². The van der Waals surface area contributed by atoms with Gasteiger partial charge in [0, 0.05) is 56.7 Å². The lowest BCUT2D eigenvalue weighted by Crippen LogP contribution is -2.56. The van der Waals surface area contributed by atoms with Crippen molar-refractivity contribution in [1.29, 1.82) is 0 Å². The second-order valence-electron chi connectivity index (χ2n) is 12.8. The maximum atomic E-state index is 13.9. The molecule has 0 saturated carbocycles. The van der Waals surface area contributed by atoms with Crippen LogP contribution in [0.3, 0.4) is 0 Å². The van der Waals surface area contributed by atoms with Crippen molar-refractivity contribution in [3.8, 4) is 0 Å². The number of amides is 2. The van der Waals surface area contributed by atoms with E-state index < -0.39 is 6.04 Å². The van der Waals surface area contributed by atoms with Crippen LogP contribution < -0.4 is 16.0 Å². The summed E-state index contributed by atoms with van der Waals surface area (Å²) in [5.41, 5.74) is 3.71. The van der Waals surface area contributed by atoms with Crippen molar-refractivity contribution in [2.24, 2.45) is 0 Å². The highest BCUT2D eigenvalue weighted by Gasteiger charge is 2.35. The van der Waals surface area contributed by atoms with Gasteiger partial charge < -0.3 is 25.8 Å². The first kappa shape index (κ1) is 33.3. The Kier molecular flexibility index (Phi) is 11.6. The summed E-state index contributed by atoms with van der Waals surface area (Å²) in [6.45, 7) is 14.1. The Hall–Kier alpha value is -4.06. The molecule has 6 rings (SSSR count). The second-order valence-corrected chi connectivity index (χ2v) is 12.8. The van der Waals surface area contributed by atoms with E-state index in [0.29, 0.717) is 49.9 Å². The third-order valence-corrected chi connectivity index (χ3v) is 8.88. The summed E-state index contributed by atoms with van der Waals surface area (Å²) in [6, 6.07) is 9.24. The largest absolute Gasteiger partial charge is 0.343 e. The quantitative estimate of drug-likeness (QED) is 0.414. The maximum Gasteiger partial charge on any atom is 0.245 e. The third-order valence-electron chi connectivity index (χ3n) is 8.88. The Labute approximate surface area is 273 Å². The summed E-state index contributed by atoms with van der Waals surface area (Å²) in [5.74, 6) is 1.27. The Balaban J connectivity index is 1.39. The lowest BCUT2D eigenvalue weighted by molar-refractivity contribution is -0.139. The van der Waals surface area contributed by atoms with Crippen molar-refractivity contribution < 1.29 is 9.59 Å². The summed E-state index contributed by atoms with van der Waals surface area (Å²) in [7, 11) is 4.12. The van der Waals surface area contributed by atoms with E-state index in [1.807, 2.05) is 35.3 Å². The smallest absolute Gasteiger partial charge is 0.245 e. The predicted octanol–water partition coefficient (Wildman–Crippen LogP) is 3.60. The zero-order valence-corrected chi connectivity index (χ0v) is 27.4. The van der Waals surface area contributed by atoms with Gasteiger partial charge in [0.1, 0.15) is 24.0 Å². The Morgan fingerprint density at radius 1 is 1.00 bits per heavy atom. The molecule has 1 aromatic carbocycles. The van der Waals surface area contributed by atoms with E-state index in [1.165, 1.54) is 6.33 Å². The molecule has 46 heavy (non-hydrogen) atoms. The monoisotopic (exact) mass is 627 g/mol. The lowest BCUT2D eigenvalue weighted by atomic mass is 10.1. The number of anilines is 3. The molecule has 2 atom stereocenters. The molecule has 2 aromatic rings. The minimum atomic E-state index is -0.521. The average molecular weight is 628 g/mol. The highest BCUT2D eigenvalue weighted by Crippen LogP contribution is 2.24. The first-order chi connectivity index (χ1) is 22.3. The number of fused-ring (bicyclic) bond motifs is 8. The summed E-state index contributed by atoms with van der Waals surface area (Å²) in [6.07, 6.45) is 9.57. The number of unbranched alkanes of at least 4 members (excludes halogenated alkanes) is 1. The van der Waals surface area contributed by atoms with E-state index in [4.69, 9.17) is 0 Å². The van der Waals surface area contributed by atoms with E-state index in [9.17, 15) is 9.59 Å². The van der Waals surface area contributed by atoms with Crippen LogP contribution in [0.15, 0.2) is 73.2 Å². The summed E-state index contributed by atoms with van der Waals surface area (Å²) < 4.78 is 0. The average Bonchev–Trinajstić information content (AvgIpc) is 3.50. The fourth-order valence-corrected chi connectivity index (χ4v) is 6.44. The number of carbonyl (C=O) groups is 2. The van der Waals surface area contributed by atoms with E-state index in [-0.39, 0.29) is 17.9 Å². The van der Waals surface area contributed by atoms with Crippen molar-refractivity contribution in [3.05, 3.63) is 78.8 Å². The van der Waals surface area contributed by atoms with Gasteiger partial charge in [-0.15, -0.1) is 0 Å². The van der Waals surface area contributed by atoms with Crippen LogP contribution in [-0.2, 0) is 16.1 Å². The zero-order valence-electron chi connectivity index (χ0n) is 27.4. The number of carbonyl (C=O) groups excluding carboxylic acids is 2. The van der Waals surface area contributed by atoms with Crippen molar-refractivity contribution >= 4 is 29.1 Å².